The minimum absolute atomic E-state index is 0.624. The monoisotopic (exact) mass is 1310 g/mol. The maximum atomic E-state index is 6.51. The summed E-state index contributed by atoms with van der Waals surface area (Å²) in [5.74, 6) is 2.08. The fraction of sp³-hybridized carbons (Fsp3) is 0. The summed E-state index contributed by atoms with van der Waals surface area (Å²) in [6.45, 7) is 0. The molecule has 10 heterocycles. The molecule has 0 saturated carbocycles. The zero-order valence-electron chi connectivity index (χ0n) is 54.2. The van der Waals surface area contributed by atoms with Crippen molar-refractivity contribution in [3.8, 4) is 40.2 Å². The van der Waals surface area contributed by atoms with Crippen molar-refractivity contribution in [2.45, 2.75) is 0 Å². The van der Waals surface area contributed by atoms with Crippen molar-refractivity contribution in [1.82, 2.24) is 48.6 Å². The van der Waals surface area contributed by atoms with Crippen LogP contribution in [0.1, 0.15) is 0 Å². The van der Waals surface area contributed by atoms with Crippen molar-refractivity contribution in [3.63, 3.8) is 0 Å². The van der Waals surface area contributed by atoms with Gasteiger partial charge in [-0.2, -0.15) is 0 Å². The van der Waals surface area contributed by atoms with E-state index < -0.39 is 0 Å². The summed E-state index contributed by atoms with van der Waals surface area (Å²) in [5, 5.41) is 14.5. The molecule has 23 aromatic rings. The first-order chi connectivity index (χ1) is 50.6. The standard InChI is InChI=1S/2C32H19N3O.C25H14N4O/c1-2-10-20(11-3-1)31-32(34-24-15-6-5-14-23(24)33-31)35-25-16-8-13-22-21-12-4-7-18-27(21)36-28-19-9-17-26(35)30(28)29(22)25;1-2-10-20(11-3-1)31-23-13-4-6-15-24(23)33-32(34-31)35-25-16-8-14-22-21-12-5-7-18-27(21)36-28-19-9-17-26(35)30(28)29(22)25;1-2-11-21-15(6-1)16-7-3-9-19-23(16)24-20(10-4-12-22(24)30-21)29(19)25-27-14-18-17(28-25)8-5-13-26-18/h2*1-19H;1-14H. The molecule has 10 aromatic heterocycles. The lowest BCUT2D eigenvalue weighted by Gasteiger charge is -2.13. The smallest absolute Gasteiger partial charge is 0.235 e. The van der Waals surface area contributed by atoms with Crippen LogP contribution in [0.2, 0.25) is 0 Å². The van der Waals surface area contributed by atoms with E-state index in [1.54, 1.807) is 12.4 Å². The third-order valence-corrected chi connectivity index (χ3v) is 19.7. The summed E-state index contributed by atoms with van der Waals surface area (Å²) < 4.78 is 25.9. The molecule has 0 bridgehead atoms. The van der Waals surface area contributed by atoms with Crippen LogP contribution in [0.4, 0.5) is 0 Å². The minimum Gasteiger partial charge on any atom is -0.456 e. The van der Waals surface area contributed by atoms with E-state index >= 15 is 0 Å². The Hall–Kier alpha value is -14.2. The Labute approximate surface area is 578 Å². The average Bonchev–Trinajstić information content (AvgIpc) is 1.57. The molecule has 0 fully saturated rings. The van der Waals surface area contributed by atoms with Gasteiger partial charge >= 0.3 is 0 Å². The summed E-state index contributed by atoms with van der Waals surface area (Å²) >= 11 is 0. The van der Waals surface area contributed by atoms with Crippen molar-refractivity contribution in [2.24, 2.45) is 0 Å². The fourth-order valence-electron chi connectivity index (χ4n) is 15.4. The molecular weight excluding hydrogens is 1260 g/mol. The second kappa shape index (κ2) is 22.7. The summed E-state index contributed by atoms with van der Waals surface area (Å²) in [4.78, 5) is 34.4. The van der Waals surface area contributed by atoms with Crippen molar-refractivity contribution >= 4 is 164 Å². The van der Waals surface area contributed by atoms with E-state index in [-0.39, 0.29) is 0 Å². The lowest BCUT2D eigenvalue weighted by Crippen LogP contribution is -2.03. The second-order valence-corrected chi connectivity index (χ2v) is 25.4. The Morgan fingerprint density at radius 2 is 0.578 bits per heavy atom. The first-order valence-electron chi connectivity index (χ1n) is 33.9. The van der Waals surface area contributed by atoms with Crippen LogP contribution >= 0.6 is 0 Å². The van der Waals surface area contributed by atoms with E-state index in [4.69, 9.17) is 38.2 Å². The van der Waals surface area contributed by atoms with Crippen LogP contribution in [0, 0.1) is 0 Å². The number of pyridine rings is 1. The molecule has 0 saturated heterocycles. The quantitative estimate of drug-likeness (QED) is 0.163. The molecule has 0 aliphatic rings. The molecule has 0 spiro atoms. The summed E-state index contributed by atoms with van der Waals surface area (Å²) in [7, 11) is 0. The minimum atomic E-state index is 0.624. The summed E-state index contributed by atoms with van der Waals surface area (Å²) in [6.07, 6.45) is 3.53. The molecule has 0 aliphatic heterocycles. The predicted molar refractivity (Wildman–Crippen MR) is 412 cm³/mol. The van der Waals surface area contributed by atoms with Gasteiger partial charge in [0.15, 0.2) is 5.82 Å². The van der Waals surface area contributed by atoms with Crippen LogP contribution in [-0.2, 0) is 0 Å². The molecule has 476 valence electrons. The number of nitrogens with zero attached hydrogens (tertiary/aromatic N) is 10. The van der Waals surface area contributed by atoms with Gasteiger partial charge in [0.2, 0.25) is 11.9 Å². The Balaban J connectivity index is 0.0000001000. The summed E-state index contributed by atoms with van der Waals surface area (Å²) in [6, 6.07) is 103. The van der Waals surface area contributed by atoms with Gasteiger partial charge in [0.25, 0.3) is 0 Å². The fourth-order valence-corrected chi connectivity index (χ4v) is 15.4. The van der Waals surface area contributed by atoms with E-state index in [0.717, 1.165) is 187 Å². The number of fused-ring (bicyclic) bond motifs is 9. The molecule has 0 unspecified atom stereocenters. The highest BCUT2D eigenvalue weighted by molar-refractivity contribution is 6.29. The zero-order chi connectivity index (χ0) is 66.9. The number of hydrogen-bond acceptors (Lipinski definition) is 10. The zero-order valence-corrected chi connectivity index (χ0v) is 54.2. The highest BCUT2D eigenvalue weighted by Crippen LogP contribution is 2.45. The van der Waals surface area contributed by atoms with E-state index in [1.807, 2.05) is 152 Å². The van der Waals surface area contributed by atoms with Gasteiger partial charge in [-0.25, -0.2) is 29.9 Å². The van der Waals surface area contributed by atoms with Crippen LogP contribution in [0.25, 0.3) is 204 Å². The maximum Gasteiger partial charge on any atom is 0.235 e. The predicted octanol–water partition coefficient (Wildman–Crippen LogP) is 22.6. The van der Waals surface area contributed by atoms with Gasteiger partial charge in [0, 0.05) is 55.0 Å². The van der Waals surface area contributed by atoms with Gasteiger partial charge in [-0.1, -0.05) is 200 Å². The molecule has 0 amide bonds. The first kappa shape index (κ1) is 57.0. The molecular formula is C89H52N10O3. The van der Waals surface area contributed by atoms with Crippen molar-refractivity contribution in [1.29, 1.82) is 0 Å². The van der Waals surface area contributed by atoms with Crippen LogP contribution in [-0.4, -0.2) is 48.6 Å². The van der Waals surface area contributed by atoms with Crippen LogP contribution in [0.5, 0.6) is 0 Å². The van der Waals surface area contributed by atoms with Crippen molar-refractivity contribution in [2.75, 3.05) is 0 Å². The Morgan fingerprint density at radius 1 is 0.216 bits per heavy atom. The molecule has 0 radical (unpaired) electrons. The molecule has 0 atom stereocenters. The highest BCUT2D eigenvalue weighted by Gasteiger charge is 2.26. The number of para-hydroxylation sites is 6. The average molecular weight is 1310 g/mol. The normalized spacial score (nSPS) is 11.9. The van der Waals surface area contributed by atoms with E-state index in [1.165, 1.54) is 5.39 Å². The second-order valence-electron chi connectivity index (χ2n) is 25.4. The van der Waals surface area contributed by atoms with Crippen LogP contribution < -0.4 is 0 Å². The molecule has 13 nitrogen and oxygen atoms in total. The Kier molecular flexibility index (Phi) is 12.7. The van der Waals surface area contributed by atoms with E-state index in [0.29, 0.717) is 11.9 Å². The van der Waals surface area contributed by atoms with Gasteiger partial charge in [-0.15, -0.1) is 0 Å². The lowest BCUT2D eigenvalue weighted by atomic mass is 10.1. The lowest BCUT2D eigenvalue weighted by molar-refractivity contribution is 0.663. The number of rotatable bonds is 5. The Morgan fingerprint density at radius 3 is 1.11 bits per heavy atom. The van der Waals surface area contributed by atoms with Gasteiger partial charge in [0.1, 0.15) is 44.7 Å². The molecule has 23 rings (SSSR count). The molecule has 13 aromatic carbocycles. The number of aromatic nitrogens is 10. The molecule has 0 N–H and O–H groups in total. The van der Waals surface area contributed by atoms with Gasteiger partial charge in [-0.3, -0.25) is 18.7 Å². The number of benzene rings is 13. The summed E-state index contributed by atoms with van der Waals surface area (Å²) in [5.41, 5.74) is 19.6. The van der Waals surface area contributed by atoms with Gasteiger partial charge < -0.3 is 13.3 Å². The number of hydrogen-bond donors (Lipinski definition) is 0. The third kappa shape index (κ3) is 8.81. The van der Waals surface area contributed by atoms with Gasteiger partial charge in [-0.05, 0) is 119 Å². The maximum absolute atomic E-state index is 6.51. The van der Waals surface area contributed by atoms with Crippen molar-refractivity contribution < 1.29 is 13.3 Å². The Bertz CT molecular complexity index is 7350. The van der Waals surface area contributed by atoms with E-state index in [2.05, 4.69) is 175 Å². The first-order valence-corrected chi connectivity index (χ1v) is 33.9. The topological polar surface area (TPSA) is 144 Å². The van der Waals surface area contributed by atoms with Crippen molar-refractivity contribution in [3.05, 3.63) is 316 Å². The van der Waals surface area contributed by atoms with Gasteiger partial charge in [0.05, 0.1) is 83.2 Å². The molecule has 102 heavy (non-hydrogen) atoms. The SMILES string of the molecule is c1ccc(-c2nc(-n3c4cccc5oc6ccccc6c6cccc3c6c54)nc3ccccc23)cc1.c1ccc(-c2nc3ccccc3nc2-n2c3cccc4oc5ccccc5c5cccc2c5c43)cc1.c1cnc2cnc(-n3c4cccc5oc6ccccc6c6cccc3c6c54)nc2c1. The largest absolute Gasteiger partial charge is 0.456 e. The van der Waals surface area contributed by atoms with E-state index in [9.17, 15) is 0 Å². The van der Waals surface area contributed by atoms with Crippen LogP contribution in [0.15, 0.2) is 329 Å². The third-order valence-electron chi connectivity index (χ3n) is 19.7. The van der Waals surface area contributed by atoms with Crippen LogP contribution in [0.3, 0.4) is 0 Å². The molecule has 13 heteroatoms. The highest BCUT2D eigenvalue weighted by atomic mass is 16.3. The molecule has 0 aliphatic carbocycles.